The summed E-state index contributed by atoms with van der Waals surface area (Å²) in [6.07, 6.45) is 0.440. The van der Waals surface area contributed by atoms with Crippen molar-refractivity contribution in [3.8, 4) is 0 Å². The predicted octanol–water partition coefficient (Wildman–Crippen LogP) is 4.53. The summed E-state index contributed by atoms with van der Waals surface area (Å²) in [7, 11) is 0. The number of benzene rings is 2. The Morgan fingerprint density at radius 3 is 2.65 bits per heavy atom. The van der Waals surface area contributed by atoms with Crippen molar-refractivity contribution in [2.45, 2.75) is 20.3 Å². The van der Waals surface area contributed by atoms with Crippen molar-refractivity contribution in [3.05, 3.63) is 78.5 Å². The van der Waals surface area contributed by atoms with E-state index >= 15 is 0 Å². The second-order valence-corrected chi connectivity index (χ2v) is 7.60. The number of halogens is 2. The summed E-state index contributed by atoms with van der Waals surface area (Å²) < 4.78 is 0.781. The molecule has 0 radical (unpaired) electrons. The van der Waals surface area contributed by atoms with Crippen LogP contribution in [0, 0.1) is 13.8 Å². The summed E-state index contributed by atoms with van der Waals surface area (Å²) in [5.41, 5.74) is 4.05. The van der Waals surface area contributed by atoms with Gasteiger partial charge in [-0.05, 0) is 73.2 Å². The van der Waals surface area contributed by atoms with Gasteiger partial charge in [0.05, 0.1) is 10.6 Å². The van der Waals surface area contributed by atoms with Crippen LogP contribution in [0.4, 0.5) is 0 Å². The molecule has 0 bridgehead atoms. The Bertz CT molecular complexity index is 1060. The van der Waals surface area contributed by atoms with E-state index in [0.29, 0.717) is 29.1 Å². The number of aryl methyl sites for hydroxylation is 2. The molecule has 134 valence electrons. The van der Waals surface area contributed by atoms with Crippen LogP contribution in [0.15, 0.2) is 45.7 Å². The van der Waals surface area contributed by atoms with Gasteiger partial charge in [0, 0.05) is 22.1 Å². The molecule has 0 saturated carbocycles. The van der Waals surface area contributed by atoms with Crippen LogP contribution < -0.4 is 10.9 Å². The molecule has 0 saturated heterocycles. The van der Waals surface area contributed by atoms with E-state index in [-0.39, 0.29) is 11.5 Å². The molecule has 1 heterocycles. The molecule has 0 aliphatic rings. The SMILES string of the molecule is Cc1cc2cc(CCNC(=O)c3cc(Br)ccc3Cl)c(=O)[nH]c2cc1C. The van der Waals surface area contributed by atoms with Crippen LogP contribution in [-0.2, 0) is 6.42 Å². The van der Waals surface area contributed by atoms with Gasteiger partial charge in [-0.25, -0.2) is 0 Å². The highest BCUT2D eigenvalue weighted by molar-refractivity contribution is 9.10. The van der Waals surface area contributed by atoms with Gasteiger partial charge < -0.3 is 10.3 Å². The number of hydrogen-bond donors (Lipinski definition) is 2. The Labute approximate surface area is 164 Å². The van der Waals surface area contributed by atoms with Crippen molar-refractivity contribution < 1.29 is 4.79 Å². The maximum absolute atomic E-state index is 12.3. The molecule has 3 aromatic rings. The maximum atomic E-state index is 12.3. The molecule has 4 nitrogen and oxygen atoms in total. The Hall–Kier alpha value is -2.11. The lowest BCUT2D eigenvalue weighted by molar-refractivity contribution is 0.0954. The van der Waals surface area contributed by atoms with E-state index in [1.807, 2.05) is 26.0 Å². The summed E-state index contributed by atoms with van der Waals surface area (Å²) in [6, 6.07) is 11.0. The molecular formula is C20H18BrClN2O2. The fourth-order valence-corrected chi connectivity index (χ4v) is 3.35. The number of rotatable bonds is 4. The quantitative estimate of drug-likeness (QED) is 0.635. The molecule has 0 spiro atoms. The Balaban J connectivity index is 1.74. The van der Waals surface area contributed by atoms with Crippen LogP contribution in [0.2, 0.25) is 5.02 Å². The highest BCUT2D eigenvalue weighted by Gasteiger charge is 2.11. The molecule has 1 amide bonds. The normalized spacial score (nSPS) is 10.9. The van der Waals surface area contributed by atoms with Gasteiger partial charge in [0.15, 0.2) is 0 Å². The van der Waals surface area contributed by atoms with E-state index in [1.54, 1.807) is 18.2 Å². The van der Waals surface area contributed by atoms with Crippen molar-refractivity contribution in [2.24, 2.45) is 0 Å². The summed E-state index contributed by atoms with van der Waals surface area (Å²) >= 11 is 9.40. The van der Waals surface area contributed by atoms with Crippen LogP contribution >= 0.6 is 27.5 Å². The first-order valence-corrected chi connectivity index (χ1v) is 9.38. The van der Waals surface area contributed by atoms with Crippen LogP contribution in [0.3, 0.4) is 0 Å². The zero-order valence-electron chi connectivity index (χ0n) is 14.5. The van der Waals surface area contributed by atoms with Crippen LogP contribution in [-0.4, -0.2) is 17.4 Å². The molecule has 6 heteroatoms. The van der Waals surface area contributed by atoms with E-state index < -0.39 is 0 Å². The van der Waals surface area contributed by atoms with Crippen LogP contribution in [0.1, 0.15) is 27.0 Å². The second-order valence-electron chi connectivity index (χ2n) is 6.28. The third kappa shape index (κ3) is 4.00. The lowest BCUT2D eigenvalue weighted by atomic mass is 10.0. The third-order valence-corrected chi connectivity index (χ3v) is 5.21. The third-order valence-electron chi connectivity index (χ3n) is 4.39. The molecule has 26 heavy (non-hydrogen) atoms. The fraction of sp³-hybridized carbons (Fsp3) is 0.200. The molecule has 3 rings (SSSR count). The van der Waals surface area contributed by atoms with Gasteiger partial charge in [-0.2, -0.15) is 0 Å². The number of carbonyl (C=O) groups excluding carboxylic acids is 1. The van der Waals surface area contributed by atoms with E-state index in [0.717, 1.165) is 20.9 Å². The number of carbonyl (C=O) groups is 1. The van der Waals surface area contributed by atoms with Crippen molar-refractivity contribution in [3.63, 3.8) is 0 Å². The molecule has 1 aromatic heterocycles. The number of H-pyrrole nitrogens is 1. The standard InChI is InChI=1S/C20H18BrClN2O2/c1-11-7-14-9-13(19(25)24-18(14)8-12(11)2)5-6-23-20(26)16-10-15(21)3-4-17(16)22/h3-4,7-10H,5-6H2,1-2H3,(H,23,26)(H,24,25). The van der Waals surface area contributed by atoms with Gasteiger partial charge >= 0.3 is 0 Å². The van der Waals surface area contributed by atoms with Gasteiger partial charge in [-0.3, -0.25) is 9.59 Å². The van der Waals surface area contributed by atoms with Gasteiger partial charge in [0.1, 0.15) is 0 Å². The molecule has 2 aromatic carbocycles. The van der Waals surface area contributed by atoms with Gasteiger partial charge in [0.25, 0.3) is 11.5 Å². The van der Waals surface area contributed by atoms with Crippen LogP contribution in [0.5, 0.6) is 0 Å². The highest BCUT2D eigenvalue weighted by atomic mass is 79.9. The van der Waals surface area contributed by atoms with E-state index in [4.69, 9.17) is 11.6 Å². The number of hydrogen-bond acceptors (Lipinski definition) is 2. The summed E-state index contributed by atoms with van der Waals surface area (Å²) in [6.45, 7) is 4.41. The minimum atomic E-state index is -0.264. The Morgan fingerprint density at radius 2 is 1.88 bits per heavy atom. The highest BCUT2D eigenvalue weighted by Crippen LogP contribution is 2.21. The average molecular weight is 434 g/mol. The predicted molar refractivity (Wildman–Crippen MR) is 109 cm³/mol. The van der Waals surface area contributed by atoms with Crippen molar-refractivity contribution in [1.29, 1.82) is 0 Å². The lowest BCUT2D eigenvalue weighted by Gasteiger charge is -2.09. The minimum Gasteiger partial charge on any atom is -0.352 e. The minimum absolute atomic E-state index is 0.129. The van der Waals surface area contributed by atoms with E-state index in [9.17, 15) is 9.59 Å². The monoisotopic (exact) mass is 432 g/mol. The molecule has 0 atom stereocenters. The van der Waals surface area contributed by atoms with Gasteiger partial charge in [0.2, 0.25) is 0 Å². The number of aromatic amines is 1. The number of nitrogens with one attached hydrogen (secondary N) is 2. The molecule has 0 aliphatic carbocycles. The summed E-state index contributed by atoms with van der Waals surface area (Å²) in [4.78, 5) is 27.5. The molecule has 0 fully saturated rings. The van der Waals surface area contributed by atoms with Crippen LogP contribution in [0.25, 0.3) is 10.9 Å². The summed E-state index contributed by atoms with van der Waals surface area (Å²) in [5.74, 6) is -0.264. The van der Waals surface area contributed by atoms with Crippen molar-refractivity contribution >= 4 is 44.3 Å². The van der Waals surface area contributed by atoms with E-state index in [2.05, 4.69) is 32.3 Å². The van der Waals surface area contributed by atoms with Gasteiger partial charge in [-0.15, -0.1) is 0 Å². The smallest absolute Gasteiger partial charge is 0.252 e. The first kappa shape index (κ1) is 18.7. The fourth-order valence-electron chi connectivity index (χ4n) is 2.79. The zero-order valence-corrected chi connectivity index (χ0v) is 16.8. The number of pyridine rings is 1. The first-order valence-electron chi connectivity index (χ1n) is 8.21. The maximum Gasteiger partial charge on any atom is 0.252 e. The molecule has 0 unspecified atom stereocenters. The lowest BCUT2D eigenvalue weighted by Crippen LogP contribution is -2.27. The number of aromatic nitrogens is 1. The average Bonchev–Trinajstić information content (AvgIpc) is 2.59. The first-order chi connectivity index (χ1) is 12.3. The summed E-state index contributed by atoms with van der Waals surface area (Å²) in [5, 5.41) is 4.19. The topological polar surface area (TPSA) is 62.0 Å². The molecule has 2 N–H and O–H groups in total. The Morgan fingerprint density at radius 1 is 1.15 bits per heavy atom. The number of fused-ring (bicyclic) bond motifs is 1. The zero-order chi connectivity index (χ0) is 18.8. The Kier molecular flexibility index (Phi) is 5.49. The largest absolute Gasteiger partial charge is 0.352 e. The van der Waals surface area contributed by atoms with E-state index in [1.165, 1.54) is 5.56 Å². The second kappa shape index (κ2) is 7.64. The van der Waals surface area contributed by atoms with Crippen molar-refractivity contribution in [2.75, 3.05) is 6.54 Å². The van der Waals surface area contributed by atoms with Crippen molar-refractivity contribution in [1.82, 2.24) is 10.3 Å². The molecule has 0 aliphatic heterocycles. The number of amides is 1. The van der Waals surface area contributed by atoms with Gasteiger partial charge in [-0.1, -0.05) is 27.5 Å². The molecular weight excluding hydrogens is 416 g/mol.